The minimum absolute atomic E-state index is 0.124. The van der Waals surface area contributed by atoms with E-state index in [0.29, 0.717) is 24.9 Å². The molecule has 1 atom stereocenters. The zero-order valence-electron chi connectivity index (χ0n) is 20.4. The van der Waals surface area contributed by atoms with Gasteiger partial charge in [0.1, 0.15) is 5.69 Å². The summed E-state index contributed by atoms with van der Waals surface area (Å²) in [6, 6.07) is 13.9. The van der Waals surface area contributed by atoms with E-state index in [-0.39, 0.29) is 5.91 Å². The van der Waals surface area contributed by atoms with Crippen LogP contribution in [0.2, 0.25) is 0 Å². The molecule has 35 heavy (non-hydrogen) atoms. The number of hydrogen-bond donors (Lipinski definition) is 0. The lowest BCUT2D eigenvalue weighted by Crippen LogP contribution is -2.43. The van der Waals surface area contributed by atoms with Crippen molar-refractivity contribution in [2.24, 2.45) is 0 Å². The van der Waals surface area contributed by atoms with Gasteiger partial charge in [-0.15, -0.1) is 0 Å². The first-order valence-corrected chi connectivity index (χ1v) is 12.6. The molecule has 0 spiro atoms. The molecule has 4 heterocycles. The van der Waals surface area contributed by atoms with Crippen LogP contribution in [0.4, 0.5) is 5.88 Å². The number of carbonyl (C=O) groups excluding carboxylic acids is 1. The Hall–Kier alpha value is -3.10. The highest BCUT2D eigenvalue weighted by atomic mass is 16.5. The molecule has 2 aliphatic rings. The van der Waals surface area contributed by atoms with E-state index < -0.39 is 0 Å². The van der Waals surface area contributed by atoms with E-state index in [0.717, 1.165) is 74.9 Å². The quantitative estimate of drug-likeness (QED) is 0.478. The summed E-state index contributed by atoms with van der Waals surface area (Å²) < 4.78 is 17.0. The van der Waals surface area contributed by atoms with Gasteiger partial charge in [-0.3, -0.25) is 9.69 Å². The van der Waals surface area contributed by atoms with Gasteiger partial charge in [0.2, 0.25) is 5.88 Å². The lowest BCUT2D eigenvalue weighted by molar-refractivity contribution is 0.0316. The Balaban J connectivity index is 1.47. The summed E-state index contributed by atoms with van der Waals surface area (Å²) >= 11 is 0. The number of benzene rings is 1. The van der Waals surface area contributed by atoms with Crippen molar-refractivity contribution < 1.29 is 18.5 Å². The normalized spacial score (nSPS) is 19.1. The molecular weight excluding hydrogens is 444 g/mol. The van der Waals surface area contributed by atoms with Gasteiger partial charge in [0.25, 0.3) is 5.91 Å². The molecule has 186 valence electrons. The second-order valence-corrected chi connectivity index (χ2v) is 9.38. The lowest BCUT2D eigenvalue weighted by Gasteiger charge is -2.34. The summed E-state index contributed by atoms with van der Waals surface area (Å²) in [5.41, 5.74) is 2.73. The fourth-order valence-electron chi connectivity index (χ4n) is 4.98. The Morgan fingerprint density at radius 1 is 1.09 bits per heavy atom. The molecule has 0 aliphatic carbocycles. The number of hydrogen-bond acceptors (Lipinski definition) is 7. The number of carbonyl (C=O) groups is 1. The van der Waals surface area contributed by atoms with Gasteiger partial charge >= 0.3 is 0 Å². The number of furan rings is 1. The molecule has 1 amide bonds. The standard InChI is InChI=1S/C27H34N4O4/c1-21-8-5-6-12-31(21)27-23(25(28-35-27)22-9-3-2-4-10-22)20-30(26(32)24-11-7-17-34-24)14-13-29-15-18-33-19-16-29/h2-4,7,9-11,17,21H,5-6,8,12-16,18-20H2,1H3/t21-/m1/s1. The molecule has 2 saturated heterocycles. The van der Waals surface area contributed by atoms with E-state index >= 15 is 0 Å². The minimum atomic E-state index is -0.124. The summed E-state index contributed by atoms with van der Waals surface area (Å²) in [4.78, 5) is 20.0. The van der Waals surface area contributed by atoms with E-state index in [9.17, 15) is 4.79 Å². The van der Waals surface area contributed by atoms with Gasteiger partial charge in [0, 0.05) is 44.3 Å². The van der Waals surface area contributed by atoms with Crippen LogP contribution in [-0.2, 0) is 11.3 Å². The van der Waals surface area contributed by atoms with E-state index in [4.69, 9.17) is 13.7 Å². The fourth-order valence-corrected chi connectivity index (χ4v) is 4.98. The van der Waals surface area contributed by atoms with Crippen LogP contribution in [0.15, 0.2) is 57.7 Å². The van der Waals surface area contributed by atoms with E-state index in [1.54, 1.807) is 18.4 Å². The van der Waals surface area contributed by atoms with Crippen LogP contribution in [0.3, 0.4) is 0 Å². The van der Waals surface area contributed by atoms with Crippen LogP contribution in [0.1, 0.15) is 42.3 Å². The Kier molecular flexibility index (Phi) is 7.49. The average molecular weight is 479 g/mol. The highest BCUT2D eigenvalue weighted by Crippen LogP contribution is 2.35. The third kappa shape index (κ3) is 5.44. The SMILES string of the molecule is C[C@@H]1CCCCN1c1onc(-c2ccccc2)c1CN(CCN1CCOCC1)C(=O)c1ccco1. The molecule has 8 heteroatoms. The molecule has 2 aromatic heterocycles. The van der Waals surface area contributed by atoms with Crippen molar-refractivity contribution in [2.45, 2.75) is 38.8 Å². The van der Waals surface area contributed by atoms with Crippen LogP contribution in [0.25, 0.3) is 11.3 Å². The van der Waals surface area contributed by atoms with Crippen LogP contribution >= 0.6 is 0 Å². The van der Waals surface area contributed by atoms with Crippen molar-refractivity contribution >= 4 is 11.8 Å². The van der Waals surface area contributed by atoms with Crippen LogP contribution < -0.4 is 4.90 Å². The van der Waals surface area contributed by atoms with Crippen LogP contribution in [0.5, 0.6) is 0 Å². The van der Waals surface area contributed by atoms with E-state index in [2.05, 4.69) is 21.9 Å². The second-order valence-electron chi connectivity index (χ2n) is 9.38. The number of anilines is 1. The molecule has 0 unspecified atom stereocenters. The molecule has 3 aromatic rings. The summed E-state index contributed by atoms with van der Waals surface area (Å²) in [5, 5.41) is 4.52. The molecule has 0 radical (unpaired) electrons. The number of amides is 1. The Bertz CT molecular complexity index is 1080. The van der Waals surface area contributed by atoms with Gasteiger partial charge in [-0.25, -0.2) is 0 Å². The second kappa shape index (κ2) is 11.1. The van der Waals surface area contributed by atoms with Gasteiger partial charge in [0.15, 0.2) is 5.76 Å². The van der Waals surface area contributed by atoms with Gasteiger partial charge in [-0.05, 0) is 38.3 Å². The predicted octanol–water partition coefficient (Wildman–Crippen LogP) is 4.29. The zero-order valence-corrected chi connectivity index (χ0v) is 20.4. The third-order valence-corrected chi connectivity index (χ3v) is 7.04. The first-order chi connectivity index (χ1) is 17.2. The van der Waals surface area contributed by atoms with E-state index in [1.807, 2.05) is 35.2 Å². The molecule has 5 rings (SSSR count). The fraction of sp³-hybridized carbons (Fsp3) is 0.481. The highest BCUT2D eigenvalue weighted by Gasteiger charge is 2.30. The number of rotatable bonds is 8. The van der Waals surface area contributed by atoms with Crippen molar-refractivity contribution in [3.8, 4) is 11.3 Å². The topological polar surface area (TPSA) is 75.2 Å². The van der Waals surface area contributed by atoms with Crippen molar-refractivity contribution in [2.75, 3.05) is 50.8 Å². The smallest absolute Gasteiger partial charge is 0.289 e. The Labute approximate surface area is 206 Å². The Morgan fingerprint density at radius 3 is 2.66 bits per heavy atom. The first kappa shape index (κ1) is 23.6. The lowest BCUT2D eigenvalue weighted by atomic mass is 10.0. The number of aromatic nitrogens is 1. The van der Waals surface area contributed by atoms with Crippen molar-refractivity contribution in [1.29, 1.82) is 0 Å². The van der Waals surface area contributed by atoms with E-state index in [1.165, 1.54) is 6.42 Å². The van der Waals surface area contributed by atoms with Crippen molar-refractivity contribution in [3.63, 3.8) is 0 Å². The van der Waals surface area contributed by atoms with Crippen molar-refractivity contribution in [1.82, 2.24) is 15.0 Å². The maximum Gasteiger partial charge on any atom is 0.289 e. The molecular formula is C27H34N4O4. The van der Waals surface area contributed by atoms with Crippen LogP contribution in [0, 0.1) is 0 Å². The molecule has 2 aliphatic heterocycles. The maximum atomic E-state index is 13.5. The predicted molar refractivity (Wildman–Crippen MR) is 133 cm³/mol. The monoisotopic (exact) mass is 478 g/mol. The summed E-state index contributed by atoms with van der Waals surface area (Å²) in [5.74, 6) is 0.998. The molecule has 2 fully saturated rings. The zero-order chi connectivity index (χ0) is 24.0. The minimum Gasteiger partial charge on any atom is -0.459 e. The van der Waals surface area contributed by atoms with Gasteiger partial charge in [-0.1, -0.05) is 35.5 Å². The Morgan fingerprint density at radius 2 is 1.91 bits per heavy atom. The average Bonchev–Trinajstić information content (AvgIpc) is 3.58. The van der Waals surface area contributed by atoms with Gasteiger partial charge < -0.3 is 23.5 Å². The summed E-state index contributed by atoms with van der Waals surface area (Å²) in [6.07, 6.45) is 5.00. The summed E-state index contributed by atoms with van der Waals surface area (Å²) in [6.45, 7) is 8.13. The highest BCUT2D eigenvalue weighted by molar-refractivity contribution is 5.91. The molecule has 1 aromatic carbocycles. The van der Waals surface area contributed by atoms with Gasteiger partial charge in [-0.2, -0.15) is 0 Å². The summed E-state index contributed by atoms with van der Waals surface area (Å²) in [7, 11) is 0. The maximum absolute atomic E-state index is 13.5. The molecule has 8 nitrogen and oxygen atoms in total. The third-order valence-electron chi connectivity index (χ3n) is 7.04. The molecule has 0 N–H and O–H groups in total. The largest absolute Gasteiger partial charge is 0.459 e. The van der Waals surface area contributed by atoms with Crippen molar-refractivity contribution in [3.05, 3.63) is 60.1 Å². The van der Waals surface area contributed by atoms with Crippen LogP contribution in [-0.4, -0.2) is 72.8 Å². The first-order valence-electron chi connectivity index (χ1n) is 12.6. The number of piperidine rings is 1. The molecule has 0 saturated carbocycles. The number of nitrogens with zero attached hydrogens (tertiary/aromatic N) is 4. The number of ether oxygens (including phenoxy) is 1. The molecule has 0 bridgehead atoms. The van der Waals surface area contributed by atoms with Gasteiger partial charge in [0.05, 0.1) is 31.6 Å². The number of morpholine rings is 1.